The van der Waals surface area contributed by atoms with Crippen LogP contribution in [0.25, 0.3) is 5.65 Å². The van der Waals surface area contributed by atoms with Crippen LogP contribution in [0.15, 0.2) is 6.07 Å². The topological polar surface area (TPSA) is 50.4 Å². The minimum atomic E-state index is 0.218. The second kappa shape index (κ2) is 2.45. The van der Waals surface area contributed by atoms with Gasteiger partial charge in [0.1, 0.15) is 0 Å². The molecule has 2 heterocycles. The number of fused-ring (bicyclic) bond motifs is 1. The van der Waals surface area contributed by atoms with Crippen molar-refractivity contribution in [3.63, 3.8) is 0 Å². The van der Waals surface area contributed by atoms with Crippen molar-refractivity contribution in [2.75, 3.05) is 0 Å². The Bertz CT molecular complexity index is 473. The van der Waals surface area contributed by atoms with E-state index in [0.29, 0.717) is 5.69 Å². The molecule has 68 valence electrons. The van der Waals surface area contributed by atoms with Gasteiger partial charge in [-0.25, -0.2) is 9.50 Å². The van der Waals surface area contributed by atoms with Crippen LogP contribution in [0.5, 0.6) is 5.75 Å². The summed E-state index contributed by atoms with van der Waals surface area (Å²) in [6.07, 6.45) is 0. The molecule has 13 heavy (non-hydrogen) atoms. The van der Waals surface area contributed by atoms with Gasteiger partial charge in [-0.15, -0.1) is 0 Å². The Morgan fingerprint density at radius 3 is 2.69 bits per heavy atom. The number of hydrogen-bond acceptors (Lipinski definition) is 3. The minimum absolute atomic E-state index is 0.218. The Balaban J connectivity index is 2.92. The molecule has 0 fully saturated rings. The predicted molar refractivity (Wildman–Crippen MR) is 48.9 cm³/mol. The van der Waals surface area contributed by atoms with Crippen LogP contribution < -0.4 is 0 Å². The first kappa shape index (κ1) is 8.04. The maximum absolute atomic E-state index is 9.59. The molecule has 2 aromatic rings. The first-order chi connectivity index (χ1) is 6.09. The van der Waals surface area contributed by atoms with E-state index < -0.39 is 0 Å². The molecule has 0 atom stereocenters. The number of aromatic hydroxyl groups is 1. The van der Waals surface area contributed by atoms with Crippen LogP contribution in [-0.4, -0.2) is 19.7 Å². The van der Waals surface area contributed by atoms with E-state index in [-0.39, 0.29) is 5.75 Å². The highest BCUT2D eigenvalue weighted by molar-refractivity contribution is 5.46. The molecule has 0 aliphatic carbocycles. The quantitative estimate of drug-likeness (QED) is 0.661. The van der Waals surface area contributed by atoms with Crippen LogP contribution in [0.2, 0.25) is 0 Å². The third kappa shape index (κ3) is 1.06. The second-order valence-corrected chi connectivity index (χ2v) is 3.19. The van der Waals surface area contributed by atoms with Gasteiger partial charge in [-0.05, 0) is 20.8 Å². The van der Waals surface area contributed by atoms with E-state index in [4.69, 9.17) is 0 Å². The van der Waals surface area contributed by atoms with E-state index in [1.54, 1.807) is 11.4 Å². The van der Waals surface area contributed by atoms with Crippen molar-refractivity contribution in [1.82, 2.24) is 14.6 Å². The first-order valence-corrected chi connectivity index (χ1v) is 4.12. The van der Waals surface area contributed by atoms with E-state index in [1.165, 1.54) is 0 Å². The summed E-state index contributed by atoms with van der Waals surface area (Å²) in [6.45, 7) is 5.51. The standard InChI is InChI=1S/C9H11N3O/c1-5-4-8-10-6(2)9(13)7(3)12(8)11-5/h4,13H,1-3H3. The average molecular weight is 177 g/mol. The largest absolute Gasteiger partial charge is 0.504 e. The number of nitrogens with zero attached hydrogens (tertiary/aromatic N) is 3. The lowest BCUT2D eigenvalue weighted by Gasteiger charge is -2.03. The SMILES string of the molecule is Cc1cc2nc(C)c(O)c(C)n2n1. The molecule has 0 unspecified atom stereocenters. The molecule has 4 nitrogen and oxygen atoms in total. The fourth-order valence-electron chi connectivity index (χ4n) is 1.40. The molecule has 2 aromatic heterocycles. The Hall–Kier alpha value is -1.58. The molecule has 0 bridgehead atoms. The van der Waals surface area contributed by atoms with Gasteiger partial charge in [-0.2, -0.15) is 5.10 Å². The molecule has 0 saturated carbocycles. The summed E-state index contributed by atoms with van der Waals surface area (Å²) in [5.41, 5.74) is 3.06. The van der Waals surface area contributed by atoms with E-state index >= 15 is 0 Å². The number of hydrogen-bond donors (Lipinski definition) is 1. The van der Waals surface area contributed by atoms with E-state index in [2.05, 4.69) is 10.1 Å². The molecule has 2 rings (SSSR count). The molecule has 0 aliphatic heterocycles. The van der Waals surface area contributed by atoms with E-state index in [1.807, 2.05) is 19.9 Å². The van der Waals surface area contributed by atoms with Crippen molar-refractivity contribution < 1.29 is 5.11 Å². The molecule has 0 aromatic carbocycles. The van der Waals surface area contributed by atoms with Crippen LogP contribution in [0, 0.1) is 20.8 Å². The molecular formula is C9H11N3O. The Labute approximate surface area is 75.8 Å². The molecule has 0 saturated heterocycles. The zero-order valence-electron chi connectivity index (χ0n) is 7.87. The van der Waals surface area contributed by atoms with Crippen LogP contribution in [0.1, 0.15) is 17.1 Å². The van der Waals surface area contributed by atoms with Gasteiger partial charge in [-0.1, -0.05) is 0 Å². The van der Waals surface area contributed by atoms with Gasteiger partial charge in [0.15, 0.2) is 11.4 Å². The van der Waals surface area contributed by atoms with Crippen LogP contribution in [0.3, 0.4) is 0 Å². The summed E-state index contributed by atoms with van der Waals surface area (Å²) < 4.78 is 1.65. The summed E-state index contributed by atoms with van der Waals surface area (Å²) in [5, 5.41) is 13.8. The lowest BCUT2D eigenvalue weighted by molar-refractivity contribution is 0.456. The van der Waals surface area contributed by atoms with Crippen LogP contribution in [0.4, 0.5) is 0 Å². The molecule has 0 amide bonds. The van der Waals surface area contributed by atoms with Crippen molar-refractivity contribution in [1.29, 1.82) is 0 Å². The van der Waals surface area contributed by atoms with Gasteiger partial charge in [0.2, 0.25) is 0 Å². The van der Waals surface area contributed by atoms with Gasteiger partial charge >= 0.3 is 0 Å². The summed E-state index contributed by atoms with van der Waals surface area (Å²) in [5.74, 6) is 0.218. The maximum atomic E-state index is 9.59. The Morgan fingerprint density at radius 2 is 2.00 bits per heavy atom. The maximum Gasteiger partial charge on any atom is 0.158 e. The third-order valence-corrected chi connectivity index (χ3v) is 2.10. The van der Waals surface area contributed by atoms with Crippen LogP contribution >= 0.6 is 0 Å². The van der Waals surface area contributed by atoms with E-state index in [9.17, 15) is 5.11 Å². The minimum Gasteiger partial charge on any atom is -0.504 e. The monoisotopic (exact) mass is 177 g/mol. The van der Waals surface area contributed by atoms with Crippen molar-refractivity contribution in [3.8, 4) is 5.75 Å². The van der Waals surface area contributed by atoms with Gasteiger partial charge in [0.25, 0.3) is 0 Å². The van der Waals surface area contributed by atoms with Gasteiger partial charge in [0, 0.05) is 6.07 Å². The third-order valence-electron chi connectivity index (χ3n) is 2.10. The molecule has 0 radical (unpaired) electrons. The average Bonchev–Trinajstić information content (AvgIpc) is 2.42. The highest BCUT2D eigenvalue weighted by Crippen LogP contribution is 2.20. The predicted octanol–water partition coefficient (Wildman–Crippen LogP) is 1.36. The molecule has 1 N–H and O–H groups in total. The number of aromatic nitrogens is 3. The molecule has 0 aliphatic rings. The highest BCUT2D eigenvalue weighted by atomic mass is 16.3. The van der Waals surface area contributed by atoms with Crippen molar-refractivity contribution in [2.24, 2.45) is 0 Å². The van der Waals surface area contributed by atoms with Gasteiger partial charge < -0.3 is 5.11 Å². The summed E-state index contributed by atoms with van der Waals surface area (Å²) in [6, 6.07) is 1.89. The second-order valence-electron chi connectivity index (χ2n) is 3.19. The zero-order chi connectivity index (χ0) is 9.59. The van der Waals surface area contributed by atoms with Crippen molar-refractivity contribution in [3.05, 3.63) is 23.1 Å². The summed E-state index contributed by atoms with van der Waals surface area (Å²) >= 11 is 0. The first-order valence-electron chi connectivity index (χ1n) is 4.12. The smallest absolute Gasteiger partial charge is 0.158 e. The van der Waals surface area contributed by atoms with Crippen molar-refractivity contribution >= 4 is 5.65 Å². The fraction of sp³-hybridized carbons (Fsp3) is 0.333. The molecule has 4 heteroatoms. The van der Waals surface area contributed by atoms with E-state index in [0.717, 1.165) is 17.0 Å². The fourth-order valence-corrected chi connectivity index (χ4v) is 1.40. The zero-order valence-corrected chi connectivity index (χ0v) is 7.87. The normalized spacial score (nSPS) is 11.0. The highest BCUT2D eigenvalue weighted by Gasteiger charge is 2.08. The molecular weight excluding hydrogens is 166 g/mol. The number of aryl methyl sites for hydroxylation is 3. The van der Waals surface area contributed by atoms with Crippen molar-refractivity contribution in [2.45, 2.75) is 20.8 Å². The lowest BCUT2D eigenvalue weighted by atomic mass is 10.3. The van der Waals surface area contributed by atoms with Gasteiger partial charge in [0.05, 0.1) is 17.1 Å². The summed E-state index contributed by atoms with van der Waals surface area (Å²) in [7, 11) is 0. The van der Waals surface area contributed by atoms with Gasteiger partial charge in [-0.3, -0.25) is 0 Å². The Morgan fingerprint density at radius 1 is 1.31 bits per heavy atom. The number of rotatable bonds is 0. The van der Waals surface area contributed by atoms with Crippen LogP contribution in [-0.2, 0) is 0 Å². The lowest BCUT2D eigenvalue weighted by Crippen LogP contribution is -1.98. The molecule has 0 spiro atoms. The summed E-state index contributed by atoms with van der Waals surface area (Å²) in [4.78, 5) is 4.21. The Kier molecular flexibility index (Phi) is 1.52.